The molecule has 1 aromatic carbocycles. The van der Waals surface area contributed by atoms with E-state index in [9.17, 15) is 26.8 Å². The molecule has 0 aliphatic heterocycles. The lowest BCUT2D eigenvalue weighted by atomic mass is 10.1. The van der Waals surface area contributed by atoms with Crippen LogP contribution in [0.2, 0.25) is 0 Å². The van der Waals surface area contributed by atoms with E-state index in [4.69, 9.17) is 4.55 Å². The summed E-state index contributed by atoms with van der Waals surface area (Å²) in [5.41, 5.74) is -0.632. The number of hydrogen-bond acceptors (Lipinski definition) is 5. The van der Waals surface area contributed by atoms with Crippen molar-refractivity contribution in [1.82, 2.24) is 5.32 Å². The third-order valence-corrected chi connectivity index (χ3v) is 3.43. The average Bonchev–Trinajstić information content (AvgIpc) is 2.46. The Bertz CT molecular complexity index is 662. The van der Waals surface area contributed by atoms with E-state index in [1.165, 1.54) is 25.1 Å². The zero-order valence-electron chi connectivity index (χ0n) is 12.0. The highest BCUT2D eigenvalue weighted by Gasteiger charge is 2.43. The molecule has 10 heteroatoms. The van der Waals surface area contributed by atoms with Crippen molar-refractivity contribution in [2.45, 2.75) is 18.9 Å². The number of rotatable bonds is 7. The zero-order valence-corrected chi connectivity index (χ0v) is 12.8. The summed E-state index contributed by atoms with van der Waals surface area (Å²) in [4.78, 5) is 23.3. The van der Waals surface area contributed by atoms with Gasteiger partial charge < -0.3 is 10.1 Å². The molecule has 0 bridgehead atoms. The number of ether oxygens (including phenoxy) is 1. The molecule has 1 atom stereocenters. The molecule has 0 saturated heterocycles. The highest BCUT2D eigenvalue weighted by Crippen LogP contribution is 2.28. The predicted molar refractivity (Wildman–Crippen MR) is 75.3 cm³/mol. The minimum atomic E-state index is -4.70. The van der Waals surface area contributed by atoms with E-state index in [1.807, 2.05) is 0 Å². The van der Waals surface area contributed by atoms with E-state index in [2.05, 4.69) is 4.74 Å². The van der Waals surface area contributed by atoms with Crippen LogP contribution in [-0.2, 0) is 30.4 Å². The molecular weight excluding hydrogens is 336 g/mol. The molecule has 1 amide bonds. The van der Waals surface area contributed by atoms with Crippen molar-refractivity contribution in [3.8, 4) is 0 Å². The third kappa shape index (κ3) is 5.57. The number of esters is 1. The highest BCUT2D eigenvalue weighted by molar-refractivity contribution is 7.85. The summed E-state index contributed by atoms with van der Waals surface area (Å²) in [6.45, 7) is 1.24. The largest absolute Gasteiger partial charge is 0.464 e. The maximum absolute atomic E-state index is 14.0. The van der Waals surface area contributed by atoms with Crippen molar-refractivity contribution in [2.75, 3.05) is 12.4 Å². The van der Waals surface area contributed by atoms with E-state index >= 15 is 0 Å². The van der Waals surface area contributed by atoms with E-state index in [-0.39, 0.29) is 6.61 Å². The predicted octanol–water partition coefficient (Wildman–Crippen LogP) is 0.714. The highest BCUT2D eigenvalue weighted by atomic mass is 32.2. The van der Waals surface area contributed by atoms with Gasteiger partial charge in [-0.3, -0.25) is 9.35 Å². The quantitative estimate of drug-likeness (QED) is 0.553. The second-order valence-electron chi connectivity index (χ2n) is 4.47. The number of alkyl halides is 2. The minimum absolute atomic E-state index is 0.161. The van der Waals surface area contributed by atoms with Gasteiger partial charge in [-0.25, -0.2) is 4.79 Å². The molecule has 0 aromatic heterocycles. The second kappa shape index (κ2) is 7.47. The van der Waals surface area contributed by atoms with Gasteiger partial charge in [0.1, 0.15) is 11.8 Å². The Kier molecular flexibility index (Phi) is 6.16. The Hall–Kier alpha value is -2.07. The molecule has 2 N–H and O–H groups in total. The van der Waals surface area contributed by atoms with Crippen molar-refractivity contribution >= 4 is 22.0 Å². The van der Waals surface area contributed by atoms with E-state index < -0.39 is 45.3 Å². The monoisotopic (exact) mass is 351 g/mol. The molecule has 128 valence electrons. The minimum Gasteiger partial charge on any atom is -0.464 e. The second-order valence-corrected chi connectivity index (χ2v) is 5.96. The Labute approximate surface area is 131 Å². The summed E-state index contributed by atoms with van der Waals surface area (Å²) >= 11 is 0. The topological polar surface area (TPSA) is 110 Å². The maximum Gasteiger partial charge on any atom is 0.349 e. The summed E-state index contributed by atoms with van der Waals surface area (Å²) in [6, 6.07) is 4.10. The number of carbonyl (C=O) groups excluding carboxylic acids is 2. The number of carbonyl (C=O) groups is 2. The lowest BCUT2D eigenvalue weighted by molar-refractivity contribution is -0.154. The van der Waals surface area contributed by atoms with Crippen LogP contribution in [0.1, 0.15) is 12.5 Å². The number of halogens is 2. The standard InChI is InChI=1S/C13H15F2NO6S/c1-2-22-11(17)10(8-23(19,20)21)16-12(18)13(14,15)9-6-4-3-5-7-9/h3-7,10H,2,8H2,1H3,(H,16,18)(H,19,20,21)/t10-/m0/s1. The summed E-state index contributed by atoms with van der Waals surface area (Å²) < 4.78 is 63.0. The normalized spacial score (nSPS) is 13.2. The number of hydrogen-bond donors (Lipinski definition) is 2. The summed E-state index contributed by atoms with van der Waals surface area (Å²) in [5.74, 6) is -8.40. The van der Waals surface area contributed by atoms with Crippen molar-refractivity contribution in [2.24, 2.45) is 0 Å². The molecule has 0 spiro atoms. The molecule has 0 aliphatic carbocycles. The van der Waals surface area contributed by atoms with Gasteiger partial charge >= 0.3 is 11.9 Å². The first kappa shape index (κ1) is 19.0. The SMILES string of the molecule is CCOC(=O)[C@H](CS(=O)(=O)O)NC(=O)C(F)(F)c1ccccc1. The Balaban J connectivity index is 2.98. The molecule has 0 unspecified atom stereocenters. The van der Waals surface area contributed by atoms with Crippen molar-refractivity contribution in [3.63, 3.8) is 0 Å². The van der Waals surface area contributed by atoms with Crippen molar-refractivity contribution in [1.29, 1.82) is 0 Å². The van der Waals surface area contributed by atoms with E-state index in [0.29, 0.717) is 0 Å². The van der Waals surface area contributed by atoms with Gasteiger partial charge in [-0.05, 0) is 6.92 Å². The first-order chi connectivity index (χ1) is 10.6. The fourth-order valence-electron chi connectivity index (χ4n) is 1.65. The van der Waals surface area contributed by atoms with Crippen LogP contribution >= 0.6 is 0 Å². The molecule has 0 heterocycles. The van der Waals surface area contributed by atoms with Crippen LogP contribution < -0.4 is 5.32 Å². The van der Waals surface area contributed by atoms with Gasteiger partial charge in [0, 0.05) is 5.56 Å². The molecule has 7 nitrogen and oxygen atoms in total. The summed E-state index contributed by atoms with van der Waals surface area (Å²) in [5, 5.41) is 1.59. The van der Waals surface area contributed by atoms with E-state index in [1.54, 1.807) is 5.32 Å². The van der Waals surface area contributed by atoms with Gasteiger partial charge in [0.05, 0.1) is 6.61 Å². The van der Waals surface area contributed by atoms with Gasteiger partial charge in [0.2, 0.25) is 0 Å². The third-order valence-electron chi connectivity index (χ3n) is 2.68. The first-order valence-corrected chi connectivity index (χ1v) is 8.05. The van der Waals surface area contributed by atoms with Crippen LogP contribution in [0.25, 0.3) is 0 Å². The maximum atomic E-state index is 14.0. The number of amides is 1. The molecule has 1 rings (SSSR count). The van der Waals surface area contributed by atoms with Crippen LogP contribution in [0, 0.1) is 0 Å². The Morgan fingerprint density at radius 2 is 1.87 bits per heavy atom. The number of benzene rings is 1. The molecule has 23 heavy (non-hydrogen) atoms. The van der Waals surface area contributed by atoms with Gasteiger partial charge in [-0.1, -0.05) is 30.3 Å². The Morgan fingerprint density at radius 1 is 1.30 bits per heavy atom. The zero-order chi connectivity index (χ0) is 17.7. The molecule has 0 radical (unpaired) electrons. The van der Waals surface area contributed by atoms with Gasteiger partial charge in [0.15, 0.2) is 0 Å². The van der Waals surface area contributed by atoms with Crippen LogP contribution in [0.5, 0.6) is 0 Å². The van der Waals surface area contributed by atoms with E-state index in [0.717, 1.165) is 12.1 Å². The van der Waals surface area contributed by atoms with Crippen LogP contribution in [0.15, 0.2) is 30.3 Å². The van der Waals surface area contributed by atoms with Crippen LogP contribution in [0.4, 0.5) is 8.78 Å². The number of nitrogens with one attached hydrogen (secondary N) is 1. The molecule has 0 fully saturated rings. The molecular formula is C13H15F2NO6S. The lowest BCUT2D eigenvalue weighted by Crippen LogP contribution is -2.50. The molecule has 0 aliphatic rings. The van der Waals surface area contributed by atoms with Crippen LogP contribution in [-0.4, -0.2) is 43.2 Å². The van der Waals surface area contributed by atoms with Gasteiger partial charge in [-0.15, -0.1) is 0 Å². The average molecular weight is 351 g/mol. The summed E-state index contributed by atoms with van der Waals surface area (Å²) in [7, 11) is -4.70. The fraction of sp³-hybridized carbons (Fsp3) is 0.385. The smallest absolute Gasteiger partial charge is 0.349 e. The molecule has 0 saturated carbocycles. The van der Waals surface area contributed by atoms with Crippen LogP contribution in [0.3, 0.4) is 0 Å². The van der Waals surface area contributed by atoms with Crippen molar-refractivity contribution < 1.29 is 36.1 Å². The first-order valence-electron chi connectivity index (χ1n) is 6.44. The fourth-order valence-corrected chi connectivity index (χ4v) is 2.29. The molecule has 1 aromatic rings. The van der Waals surface area contributed by atoms with Crippen molar-refractivity contribution in [3.05, 3.63) is 35.9 Å². The lowest BCUT2D eigenvalue weighted by Gasteiger charge is -2.20. The van der Waals surface area contributed by atoms with Gasteiger partial charge in [-0.2, -0.15) is 17.2 Å². The summed E-state index contributed by atoms with van der Waals surface area (Å²) in [6.07, 6.45) is 0. The Morgan fingerprint density at radius 3 is 2.35 bits per heavy atom. The van der Waals surface area contributed by atoms with Gasteiger partial charge in [0.25, 0.3) is 16.0 Å².